The van der Waals surface area contributed by atoms with Crippen LogP contribution < -0.4 is 14.2 Å². The molecule has 4 rings (SSSR count). The number of ether oxygens (including phenoxy) is 5. The van der Waals surface area contributed by atoms with E-state index in [2.05, 4.69) is 0 Å². The first-order valence-corrected chi connectivity index (χ1v) is 15.0. The van der Waals surface area contributed by atoms with E-state index in [1.54, 1.807) is 60.7 Å². The highest BCUT2D eigenvalue weighted by molar-refractivity contribution is 5.87. The fourth-order valence-electron chi connectivity index (χ4n) is 4.41. The van der Waals surface area contributed by atoms with Crippen molar-refractivity contribution >= 4 is 30.2 Å². The Labute approximate surface area is 283 Å². The second kappa shape index (κ2) is 17.6. The van der Waals surface area contributed by atoms with E-state index in [1.807, 2.05) is 0 Å². The maximum absolute atomic E-state index is 12.6. The number of rotatable bonds is 15. The fraction of sp³-hybridized carbons (Fsp3) is 0.158. The van der Waals surface area contributed by atoms with Gasteiger partial charge in [-0.15, -0.1) is 0 Å². The summed E-state index contributed by atoms with van der Waals surface area (Å²) in [5.41, 5.74) is 2.43. The molecule has 0 aliphatic rings. The van der Waals surface area contributed by atoms with Crippen LogP contribution in [0, 0.1) is 0 Å². The summed E-state index contributed by atoms with van der Waals surface area (Å²) in [6.07, 6.45) is 6.52. The summed E-state index contributed by atoms with van der Waals surface area (Å²) in [6.45, 7) is -0.350. The normalized spacial score (nSPS) is 12.6. The van der Waals surface area contributed by atoms with E-state index in [9.17, 15) is 30.0 Å². The van der Waals surface area contributed by atoms with E-state index in [0.29, 0.717) is 22.4 Å². The standard InChI is InChI=1S/C38H36O11/c1-45-33-23-28(12-17-31(33)41)38(44)35(24-48-37(43)20-11-26-7-15-30(40)16-8-26)49-32-18-9-27(22-34(32)46-2)4-3-21-47-36(42)19-10-25-5-13-29(39)14-6-25/h3-20,22-23,35,38-41,44H,21,24H2,1-2H3/b4-3+,19-10-,20-11+/t35-,38+/m0/s1. The number of carbonyl (C=O) groups excluding carboxylic acids is 2. The van der Waals surface area contributed by atoms with Crippen molar-refractivity contribution < 1.29 is 53.7 Å². The van der Waals surface area contributed by atoms with Gasteiger partial charge in [0.25, 0.3) is 0 Å². The zero-order valence-electron chi connectivity index (χ0n) is 26.8. The van der Waals surface area contributed by atoms with Crippen molar-refractivity contribution in [2.24, 2.45) is 0 Å². The highest BCUT2D eigenvalue weighted by Gasteiger charge is 2.27. The predicted molar refractivity (Wildman–Crippen MR) is 182 cm³/mol. The molecule has 0 heterocycles. The smallest absolute Gasteiger partial charge is 0.331 e. The van der Waals surface area contributed by atoms with Crippen LogP contribution in [0.5, 0.6) is 34.5 Å². The Balaban J connectivity index is 1.43. The van der Waals surface area contributed by atoms with E-state index in [4.69, 9.17) is 23.7 Å². The summed E-state index contributed by atoms with van der Waals surface area (Å²) in [5, 5.41) is 40.2. The molecule has 4 N–H and O–H groups in total. The first-order chi connectivity index (χ1) is 23.6. The molecule has 0 radical (unpaired) electrons. The van der Waals surface area contributed by atoms with Crippen molar-refractivity contribution in [3.63, 3.8) is 0 Å². The lowest BCUT2D eigenvalue weighted by atomic mass is 10.0. The number of aliphatic hydroxyl groups excluding tert-OH is 1. The first kappa shape index (κ1) is 35.7. The topological polar surface area (TPSA) is 161 Å². The monoisotopic (exact) mass is 668 g/mol. The zero-order chi connectivity index (χ0) is 35.2. The van der Waals surface area contributed by atoms with Crippen molar-refractivity contribution in [3.05, 3.63) is 125 Å². The maximum atomic E-state index is 12.6. The number of hydrogen-bond donors (Lipinski definition) is 4. The van der Waals surface area contributed by atoms with Crippen molar-refractivity contribution in [1.29, 1.82) is 0 Å². The zero-order valence-corrected chi connectivity index (χ0v) is 26.8. The second-order valence-corrected chi connectivity index (χ2v) is 10.5. The molecule has 0 saturated heterocycles. The van der Waals surface area contributed by atoms with Crippen LogP contribution in [-0.2, 0) is 19.1 Å². The molecule has 0 spiro atoms. The van der Waals surface area contributed by atoms with Crippen LogP contribution in [0.4, 0.5) is 0 Å². The van der Waals surface area contributed by atoms with Crippen LogP contribution >= 0.6 is 0 Å². The first-order valence-electron chi connectivity index (χ1n) is 15.0. The minimum Gasteiger partial charge on any atom is -0.508 e. The Bertz CT molecular complexity index is 1790. The van der Waals surface area contributed by atoms with Gasteiger partial charge in [-0.3, -0.25) is 0 Å². The van der Waals surface area contributed by atoms with E-state index in [0.717, 1.165) is 5.56 Å². The van der Waals surface area contributed by atoms with E-state index < -0.39 is 24.1 Å². The largest absolute Gasteiger partial charge is 0.508 e. The van der Waals surface area contributed by atoms with Gasteiger partial charge < -0.3 is 44.1 Å². The number of carbonyl (C=O) groups is 2. The number of aromatic hydroxyl groups is 3. The number of phenols is 3. The quantitative estimate of drug-likeness (QED) is 0.0891. The molecule has 0 aliphatic heterocycles. The third kappa shape index (κ3) is 10.9. The van der Waals surface area contributed by atoms with Gasteiger partial charge in [0.05, 0.1) is 14.2 Å². The van der Waals surface area contributed by atoms with Gasteiger partial charge in [0, 0.05) is 12.2 Å². The predicted octanol–water partition coefficient (Wildman–Crippen LogP) is 5.83. The molecule has 0 aromatic heterocycles. The lowest BCUT2D eigenvalue weighted by Gasteiger charge is -2.25. The van der Waals surface area contributed by atoms with Gasteiger partial charge in [0.2, 0.25) is 0 Å². The minimum absolute atomic E-state index is 0.0102. The minimum atomic E-state index is -1.33. The van der Waals surface area contributed by atoms with Gasteiger partial charge in [0.1, 0.15) is 30.8 Å². The average Bonchev–Trinajstić information content (AvgIpc) is 3.11. The molecule has 0 unspecified atom stereocenters. The van der Waals surface area contributed by atoms with Gasteiger partial charge in [-0.1, -0.05) is 42.5 Å². The molecule has 2 atom stereocenters. The molecule has 0 bridgehead atoms. The molecule has 0 saturated carbocycles. The number of hydrogen-bond acceptors (Lipinski definition) is 11. The van der Waals surface area contributed by atoms with Crippen LogP contribution in [0.2, 0.25) is 0 Å². The highest BCUT2D eigenvalue weighted by atomic mass is 16.6. The SMILES string of the molecule is COc1cc([C@@H](O)[C@H](COC(=O)/C=C/c2ccc(O)cc2)Oc2ccc(/C=C/COC(=O)/C=C\c3ccc(O)cc3)cc2OC)ccc1O. The molecule has 4 aromatic rings. The van der Waals surface area contributed by atoms with Gasteiger partial charge in [-0.2, -0.15) is 0 Å². The number of esters is 2. The van der Waals surface area contributed by atoms with Crippen LogP contribution in [0.25, 0.3) is 18.2 Å². The molecule has 0 aliphatic carbocycles. The van der Waals surface area contributed by atoms with Crippen molar-refractivity contribution in [3.8, 4) is 34.5 Å². The Hall–Kier alpha value is -6.20. The summed E-state index contributed by atoms with van der Waals surface area (Å²) in [4.78, 5) is 24.6. The number of phenolic OH excluding ortho intramolecular Hbond substituents is 3. The average molecular weight is 669 g/mol. The van der Waals surface area contributed by atoms with Gasteiger partial charge in [0.15, 0.2) is 29.1 Å². The third-order valence-electron chi connectivity index (χ3n) is 7.00. The Kier molecular flexibility index (Phi) is 12.8. The van der Waals surface area contributed by atoms with Crippen molar-refractivity contribution in [2.75, 3.05) is 27.4 Å². The molecular weight excluding hydrogens is 632 g/mol. The number of benzene rings is 4. The number of aliphatic hydroxyl groups is 1. The lowest BCUT2D eigenvalue weighted by molar-refractivity contribution is -0.142. The van der Waals surface area contributed by atoms with E-state index >= 15 is 0 Å². The summed E-state index contributed by atoms with van der Waals surface area (Å²) < 4.78 is 27.5. The van der Waals surface area contributed by atoms with Gasteiger partial charge in [-0.05, 0) is 89.0 Å². The second-order valence-electron chi connectivity index (χ2n) is 10.5. The van der Waals surface area contributed by atoms with E-state index in [1.165, 1.54) is 74.9 Å². The Morgan fingerprint density at radius 3 is 1.82 bits per heavy atom. The van der Waals surface area contributed by atoms with Crippen molar-refractivity contribution in [2.45, 2.75) is 12.2 Å². The molecular formula is C38H36O11. The van der Waals surface area contributed by atoms with Gasteiger partial charge in [-0.25, -0.2) is 9.59 Å². The van der Waals surface area contributed by atoms with Crippen LogP contribution in [0.15, 0.2) is 103 Å². The molecule has 0 amide bonds. The molecule has 11 heteroatoms. The molecule has 11 nitrogen and oxygen atoms in total. The molecule has 0 fully saturated rings. The summed E-state index contributed by atoms with van der Waals surface area (Å²) in [6, 6.07) is 21.9. The summed E-state index contributed by atoms with van der Waals surface area (Å²) in [7, 11) is 2.82. The Morgan fingerprint density at radius 1 is 0.653 bits per heavy atom. The van der Waals surface area contributed by atoms with Gasteiger partial charge >= 0.3 is 11.9 Å². The third-order valence-corrected chi connectivity index (χ3v) is 7.00. The lowest BCUT2D eigenvalue weighted by Crippen LogP contribution is -2.31. The van der Waals surface area contributed by atoms with Crippen LogP contribution in [0.1, 0.15) is 28.4 Å². The summed E-state index contributed by atoms with van der Waals surface area (Å²) in [5.74, 6) is -0.426. The van der Waals surface area contributed by atoms with Crippen LogP contribution in [0.3, 0.4) is 0 Å². The fourth-order valence-corrected chi connectivity index (χ4v) is 4.41. The molecule has 49 heavy (non-hydrogen) atoms. The van der Waals surface area contributed by atoms with E-state index in [-0.39, 0.29) is 42.0 Å². The maximum Gasteiger partial charge on any atom is 0.331 e. The molecule has 4 aromatic carbocycles. The summed E-state index contributed by atoms with van der Waals surface area (Å²) >= 11 is 0. The highest BCUT2D eigenvalue weighted by Crippen LogP contribution is 2.34. The van der Waals surface area contributed by atoms with Crippen LogP contribution in [-0.4, -0.2) is 65.9 Å². The number of methoxy groups -OCH3 is 2. The molecule has 254 valence electrons. The Morgan fingerprint density at radius 2 is 1.22 bits per heavy atom. The van der Waals surface area contributed by atoms with Crippen molar-refractivity contribution in [1.82, 2.24) is 0 Å².